The summed E-state index contributed by atoms with van der Waals surface area (Å²) in [6.07, 6.45) is 11.3. The van der Waals surface area contributed by atoms with Gasteiger partial charge in [-0.3, -0.25) is 4.68 Å². The lowest BCUT2D eigenvalue weighted by Crippen LogP contribution is -2.21. The van der Waals surface area contributed by atoms with E-state index in [1.54, 1.807) is 27.8 Å². The predicted molar refractivity (Wildman–Crippen MR) is 94.0 cm³/mol. The number of aromatic nitrogens is 5. The smallest absolute Gasteiger partial charge is 0.165 e. The molecule has 0 spiro atoms. The third-order valence-electron chi connectivity index (χ3n) is 3.74. The molecule has 0 aromatic carbocycles. The zero-order valence-corrected chi connectivity index (χ0v) is 14.6. The molecule has 1 aliphatic heterocycles. The first-order valence-corrected chi connectivity index (χ1v) is 8.43. The Morgan fingerprint density at radius 2 is 1.91 bits per heavy atom. The van der Waals surface area contributed by atoms with Crippen LogP contribution in [-0.4, -0.2) is 37.5 Å². The van der Waals surface area contributed by atoms with Crippen molar-refractivity contribution in [3.63, 3.8) is 0 Å². The molecule has 1 aliphatic rings. The molecule has 0 atom stereocenters. The Kier molecular flexibility index (Phi) is 4.92. The number of hydrogen-bond acceptors (Lipinski definition) is 5. The lowest BCUT2D eigenvalue weighted by molar-refractivity contribution is 0.520. The van der Waals surface area contributed by atoms with Crippen molar-refractivity contribution in [1.29, 1.82) is 0 Å². The van der Waals surface area contributed by atoms with E-state index in [0.29, 0.717) is 5.82 Å². The molecule has 0 saturated carbocycles. The highest BCUT2D eigenvalue weighted by atomic mass is 79.9. The highest BCUT2D eigenvalue weighted by Gasteiger charge is 2.12. The molecular formula is C15H20BrN7. The van der Waals surface area contributed by atoms with Gasteiger partial charge in [0.2, 0.25) is 0 Å². The van der Waals surface area contributed by atoms with Crippen molar-refractivity contribution in [3.05, 3.63) is 29.3 Å². The van der Waals surface area contributed by atoms with Gasteiger partial charge in [-0.1, -0.05) is 6.42 Å². The van der Waals surface area contributed by atoms with E-state index in [-0.39, 0.29) is 0 Å². The summed E-state index contributed by atoms with van der Waals surface area (Å²) in [6.45, 7) is 2.50. The van der Waals surface area contributed by atoms with Gasteiger partial charge in [-0.15, -0.1) is 0 Å². The Labute approximate surface area is 143 Å². The SMILES string of the molecule is C1CCNCC1.Cn1cc(-c2cnn3c(N)c(Br)cnc23)cn1. The number of nitrogens with two attached hydrogens (primary N) is 1. The molecular weight excluding hydrogens is 358 g/mol. The quantitative estimate of drug-likeness (QED) is 0.678. The summed E-state index contributed by atoms with van der Waals surface area (Å²) in [6, 6.07) is 0. The first-order valence-electron chi connectivity index (χ1n) is 7.64. The Bertz CT molecular complexity index is 777. The van der Waals surface area contributed by atoms with Crippen LogP contribution in [0, 0.1) is 0 Å². The van der Waals surface area contributed by atoms with Crippen LogP contribution in [0.5, 0.6) is 0 Å². The number of nitrogens with zero attached hydrogens (tertiary/aromatic N) is 5. The fourth-order valence-electron chi connectivity index (χ4n) is 2.49. The van der Waals surface area contributed by atoms with Gasteiger partial charge in [0.15, 0.2) is 5.65 Å². The van der Waals surface area contributed by atoms with E-state index in [0.717, 1.165) is 21.2 Å². The van der Waals surface area contributed by atoms with E-state index in [4.69, 9.17) is 5.73 Å². The minimum Gasteiger partial charge on any atom is -0.383 e. The van der Waals surface area contributed by atoms with E-state index in [2.05, 4.69) is 36.4 Å². The van der Waals surface area contributed by atoms with Gasteiger partial charge in [-0.25, -0.2) is 4.98 Å². The van der Waals surface area contributed by atoms with E-state index >= 15 is 0 Å². The normalized spacial score (nSPS) is 14.5. The average Bonchev–Trinajstić information content (AvgIpc) is 3.19. The van der Waals surface area contributed by atoms with Crippen molar-refractivity contribution in [2.75, 3.05) is 18.8 Å². The summed E-state index contributed by atoms with van der Waals surface area (Å²) < 4.78 is 4.07. The van der Waals surface area contributed by atoms with Crippen LogP contribution in [0.3, 0.4) is 0 Å². The zero-order valence-electron chi connectivity index (χ0n) is 13.0. The number of halogens is 1. The molecule has 1 saturated heterocycles. The number of nitrogens with one attached hydrogen (secondary N) is 1. The molecule has 7 nitrogen and oxygen atoms in total. The minimum absolute atomic E-state index is 0.533. The molecule has 0 radical (unpaired) electrons. The van der Waals surface area contributed by atoms with Crippen LogP contribution in [0.15, 0.2) is 29.3 Å². The van der Waals surface area contributed by atoms with Crippen LogP contribution in [0.4, 0.5) is 5.82 Å². The van der Waals surface area contributed by atoms with E-state index < -0.39 is 0 Å². The summed E-state index contributed by atoms with van der Waals surface area (Å²) in [4.78, 5) is 4.32. The van der Waals surface area contributed by atoms with Crippen molar-refractivity contribution in [3.8, 4) is 11.1 Å². The summed E-state index contributed by atoms with van der Waals surface area (Å²) in [7, 11) is 1.87. The third kappa shape index (κ3) is 3.53. The number of aryl methyl sites for hydroxylation is 1. The van der Waals surface area contributed by atoms with Crippen molar-refractivity contribution in [2.24, 2.45) is 7.05 Å². The second-order valence-corrected chi connectivity index (χ2v) is 6.35. The van der Waals surface area contributed by atoms with Crippen LogP contribution in [0.2, 0.25) is 0 Å². The molecule has 3 aromatic heterocycles. The Morgan fingerprint density at radius 3 is 2.48 bits per heavy atom. The maximum atomic E-state index is 5.91. The van der Waals surface area contributed by atoms with Crippen molar-refractivity contribution < 1.29 is 0 Å². The van der Waals surface area contributed by atoms with Gasteiger partial charge in [0.25, 0.3) is 0 Å². The Morgan fingerprint density at radius 1 is 1.13 bits per heavy atom. The topological polar surface area (TPSA) is 86.1 Å². The summed E-state index contributed by atoms with van der Waals surface area (Å²) in [5, 5.41) is 11.6. The molecule has 0 unspecified atom stereocenters. The molecule has 23 heavy (non-hydrogen) atoms. The van der Waals surface area contributed by atoms with Crippen LogP contribution >= 0.6 is 15.9 Å². The lowest BCUT2D eigenvalue weighted by Gasteiger charge is -2.08. The fraction of sp³-hybridized carbons (Fsp3) is 0.400. The van der Waals surface area contributed by atoms with Gasteiger partial charge in [0, 0.05) is 30.6 Å². The molecule has 3 N–H and O–H groups in total. The van der Waals surface area contributed by atoms with Crippen LogP contribution in [0.1, 0.15) is 19.3 Å². The molecule has 4 heterocycles. The first kappa shape index (κ1) is 15.9. The molecule has 8 heteroatoms. The van der Waals surface area contributed by atoms with Crippen LogP contribution < -0.4 is 11.1 Å². The molecule has 1 fully saturated rings. The van der Waals surface area contributed by atoms with Crippen molar-refractivity contribution in [2.45, 2.75) is 19.3 Å². The van der Waals surface area contributed by atoms with Crippen molar-refractivity contribution in [1.82, 2.24) is 29.7 Å². The zero-order chi connectivity index (χ0) is 16.2. The highest BCUT2D eigenvalue weighted by molar-refractivity contribution is 9.10. The van der Waals surface area contributed by atoms with Gasteiger partial charge in [0.05, 0.1) is 16.9 Å². The molecule has 0 amide bonds. The summed E-state index contributed by atoms with van der Waals surface area (Å²) in [5.74, 6) is 0.533. The predicted octanol–water partition coefficient (Wildman–Crippen LogP) is 2.23. The summed E-state index contributed by atoms with van der Waals surface area (Å²) in [5.41, 5.74) is 8.51. The molecule has 4 rings (SSSR count). The van der Waals surface area contributed by atoms with E-state index in [1.165, 1.54) is 32.4 Å². The van der Waals surface area contributed by atoms with Crippen molar-refractivity contribution >= 4 is 27.4 Å². The van der Waals surface area contributed by atoms with Crippen LogP contribution in [-0.2, 0) is 7.05 Å². The second kappa shape index (κ2) is 7.10. The third-order valence-corrected chi connectivity index (χ3v) is 4.35. The number of hydrogen-bond donors (Lipinski definition) is 2. The number of nitrogen functional groups attached to an aromatic ring is 1. The van der Waals surface area contributed by atoms with Gasteiger partial charge < -0.3 is 11.1 Å². The lowest BCUT2D eigenvalue weighted by atomic mass is 10.2. The number of rotatable bonds is 1. The van der Waals surface area contributed by atoms with E-state index in [9.17, 15) is 0 Å². The highest BCUT2D eigenvalue weighted by Crippen LogP contribution is 2.26. The maximum absolute atomic E-state index is 5.91. The molecule has 3 aromatic rings. The maximum Gasteiger partial charge on any atom is 0.165 e. The number of anilines is 1. The first-order chi connectivity index (χ1) is 11.2. The Balaban J connectivity index is 0.000000220. The molecule has 0 bridgehead atoms. The van der Waals surface area contributed by atoms with Gasteiger partial charge >= 0.3 is 0 Å². The van der Waals surface area contributed by atoms with Gasteiger partial charge in [0.1, 0.15) is 5.82 Å². The van der Waals surface area contributed by atoms with E-state index in [1.807, 2.05) is 13.2 Å². The van der Waals surface area contributed by atoms with Gasteiger partial charge in [-0.2, -0.15) is 14.7 Å². The average molecular weight is 378 g/mol. The number of fused-ring (bicyclic) bond motifs is 1. The fourth-order valence-corrected chi connectivity index (χ4v) is 2.76. The largest absolute Gasteiger partial charge is 0.383 e. The standard InChI is InChI=1S/C10H9BrN6.C5H11N/c1-16-5-6(2-14-16)7-3-15-17-9(12)8(11)4-13-10(7)17;1-2-4-6-5-3-1/h2-5H,12H2,1H3;6H,1-5H2. The number of piperidine rings is 1. The molecule has 0 aliphatic carbocycles. The second-order valence-electron chi connectivity index (χ2n) is 5.50. The summed E-state index contributed by atoms with van der Waals surface area (Å²) >= 11 is 3.32. The minimum atomic E-state index is 0.533. The Hall–Kier alpha value is -1.93. The molecule has 122 valence electrons. The van der Waals surface area contributed by atoms with Gasteiger partial charge in [-0.05, 0) is 41.9 Å². The van der Waals surface area contributed by atoms with Crippen LogP contribution in [0.25, 0.3) is 16.8 Å². The monoisotopic (exact) mass is 377 g/mol.